The molecule has 0 spiro atoms. The molecule has 160 valence electrons. The number of methoxy groups -OCH3 is 1. The van der Waals surface area contributed by atoms with Crippen molar-refractivity contribution in [1.82, 2.24) is 5.43 Å². The second kappa shape index (κ2) is 9.98. The molecule has 1 N–H and O–H groups in total. The van der Waals surface area contributed by atoms with Crippen LogP contribution in [-0.2, 0) is 6.61 Å². The van der Waals surface area contributed by atoms with Crippen molar-refractivity contribution in [3.8, 4) is 11.5 Å². The lowest BCUT2D eigenvalue weighted by Crippen LogP contribution is -2.18. The number of carbonyl (C=O) groups is 1. The van der Waals surface area contributed by atoms with Crippen LogP contribution in [0.15, 0.2) is 90.0 Å². The van der Waals surface area contributed by atoms with Crippen LogP contribution in [0, 0.1) is 0 Å². The molecule has 0 bridgehead atoms. The second-order valence-corrected chi connectivity index (χ2v) is 7.39. The first-order valence-corrected chi connectivity index (χ1v) is 10.4. The summed E-state index contributed by atoms with van der Waals surface area (Å²) in [6, 6.07) is 26.3. The molecule has 6 heteroatoms. The Morgan fingerprint density at radius 2 is 1.72 bits per heavy atom. The minimum absolute atomic E-state index is 0.267. The van der Waals surface area contributed by atoms with Crippen molar-refractivity contribution in [1.29, 1.82) is 0 Å². The molecule has 0 unspecified atom stereocenters. The number of amides is 1. The molecule has 0 heterocycles. The molecule has 0 aliphatic heterocycles. The number of benzene rings is 4. The van der Waals surface area contributed by atoms with Gasteiger partial charge in [-0.05, 0) is 35.0 Å². The van der Waals surface area contributed by atoms with Crippen LogP contribution < -0.4 is 14.9 Å². The molecule has 0 saturated carbocycles. The Kier molecular flexibility index (Phi) is 6.68. The average Bonchev–Trinajstić information content (AvgIpc) is 2.83. The molecule has 1 amide bonds. The van der Waals surface area contributed by atoms with Gasteiger partial charge in [0.2, 0.25) is 0 Å². The van der Waals surface area contributed by atoms with E-state index in [2.05, 4.69) is 10.5 Å². The summed E-state index contributed by atoms with van der Waals surface area (Å²) < 4.78 is 11.5. The largest absolute Gasteiger partial charge is 0.493 e. The van der Waals surface area contributed by atoms with Gasteiger partial charge in [-0.3, -0.25) is 4.79 Å². The van der Waals surface area contributed by atoms with Crippen molar-refractivity contribution in [2.45, 2.75) is 6.61 Å². The summed E-state index contributed by atoms with van der Waals surface area (Å²) >= 11 is 6.24. The predicted octanol–water partition coefficient (Wildman–Crippen LogP) is 5.84. The summed E-state index contributed by atoms with van der Waals surface area (Å²) in [5.41, 5.74) is 4.67. The highest BCUT2D eigenvalue weighted by atomic mass is 35.5. The highest BCUT2D eigenvalue weighted by Gasteiger charge is 2.12. The Hall–Kier alpha value is -3.83. The summed E-state index contributed by atoms with van der Waals surface area (Å²) in [6.07, 6.45) is 1.54. The van der Waals surface area contributed by atoms with Crippen molar-refractivity contribution >= 4 is 34.5 Å². The number of hydrogen-bond donors (Lipinski definition) is 1. The lowest BCUT2D eigenvalue weighted by atomic mass is 10.0. The van der Waals surface area contributed by atoms with Gasteiger partial charge in [0, 0.05) is 21.7 Å². The third-order valence-electron chi connectivity index (χ3n) is 4.96. The van der Waals surface area contributed by atoms with Gasteiger partial charge in [0.05, 0.1) is 13.3 Å². The number of nitrogens with one attached hydrogen (secondary N) is 1. The van der Waals surface area contributed by atoms with Gasteiger partial charge >= 0.3 is 0 Å². The normalized spacial score (nSPS) is 10.9. The number of rotatable bonds is 7. The zero-order valence-electron chi connectivity index (χ0n) is 17.4. The maximum absolute atomic E-state index is 12.7. The first-order valence-electron chi connectivity index (χ1n) is 10.0. The quantitative estimate of drug-likeness (QED) is 0.287. The Bertz CT molecular complexity index is 1280. The number of hydrazone groups is 1. The molecule has 0 atom stereocenters. The Morgan fingerprint density at radius 1 is 0.969 bits per heavy atom. The number of fused-ring (bicyclic) bond motifs is 1. The molecule has 4 aromatic rings. The number of nitrogens with zero attached hydrogens (tertiary/aromatic N) is 1. The molecule has 4 aromatic carbocycles. The molecule has 0 aliphatic carbocycles. The maximum atomic E-state index is 12.7. The van der Waals surface area contributed by atoms with Crippen molar-refractivity contribution in [2.75, 3.05) is 7.11 Å². The van der Waals surface area contributed by atoms with E-state index in [1.807, 2.05) is 72.8 Å². The zero-order chi connectivity index (χ0) is 22.3. The molecule has 0 radical (unpaired) electrons. The molecule has 0 fully saturated rings. The van der Waals surface area contributed by atoms with Crippen LogP contribution in [0.1, 0.15) is 21.5 Å². The van der Waals surface area contributed by atoms with Gasteiger partial charge in [0.1, 0.15) is 6.61 Å². The van der Waals surface area contributed by atoms with Gasteiger partial charge in [-0.15, -0.1) is 0 Å². The number of hydrogen-bond acceptors (Lipinski definition) is 4. The molecule has 0 aromatic heterocycles. The monoisotopic (exact) mass is 444 g/mol. The van der Waals surface area contributed by atoms with Gasteiger partial charge in [-0.2, -0.15) is 5.10 Å². The van der Waals surface area contributed by atoms with Gasteiger partial charge in [0.15, 0.2) is 11.5 Å². The van der Waals surface area contributed by atoms with Crippen LogP contribution in [-0.4, -0.2) is 19.2 Å². The van der Waals surface area contributed by atoms with Crippen LogP contribution in [0.25, 0.3) is 10.8 Å². The van der Waals surface area contributed by atoms with E-state index >= 15 is 0 Å². The maximum Gasteiger partial charge on any atom is 0.271 e. The molecular formula is C26H21ClN2O3. The van der Waals surface area contributed by atoms with E-state index in [0.717, 1.165) is 16.3 Å². The van der Waals surface area contributed by atoms with Crippen LogP contribution in [0.4, 0.5) is 0 Å². The Balaban J connectivity index is 1.53. The van der Waals surface area contributed by atoms with Gasteiger partial charge in [-0.1, -0.05) is 72.3 Å². The fourth-order valence-electron chi connectivity index (χ4n) is 3.36. The minimum Gasteiger partial charge on any atom is -0.493 e. The highest BCUT2D eigenvalue weighted by molar-refractivity contribution is 6.31. The number of carbonyl (C=O) groups excluding carboxylic acids is 1. The van der Waals surface area contributed by atoms with E-state index in [1.165, 1.54) is 6.21 Å². The number of halogens is 1. The van der Waals surface area contributed by atoms with Crippen LogP contribution in [0.3, 0.4) is 0 Å². The second-order valence-electron chi connectivity index (χ2n) is 6.98. The van der Waals surface area contributed by atoms with Gasteiger partial charge in [-0.25, -0.2) is 5.43 Å². The van der Waals surface area contributed by atoms with Gasteiger partial charge < -0.3 is 9.47 Å². The molecule has 32 heavy (non-hydrogen) atoms. The van der Waals surface area contributed by atoms with Crippen molar-refractivity contribution in [3.63, 3.8) is 0 Å². The first kappa shape index (κ1) is 21.4. The molecule has 0 saturated heterocycles. The summed E-state index contributed by atoms with van der Waals surface area (Å²) in [5.74, 6) is 0.777. The SMILES string of the molecule is COc1cccc(/C=N\NC(=O)c2cccc3ccccc23)c1OCc1ccccc1Cl. The third-order valence-corrected chi connectivity index (χ3v) is 5.33. The van der Waals surface area contributed by atoms with Crippen molar-refractivity contribution in [2.24, 2.45) is 5.10 Å². The first-order chi connectivity index (χ1) is 15.7. The van der Waals surface area contributed by atoms with Crippen molar-refractivity contribution < 1.29 is 14.3 Å². The summed E-state index contributed by atoms with van der Waals surface area (Å²) in [6.45, 7) is 0.267. The topological polar surface area (TPSA) is 59.9 Å². The van der Waals surface area contributed by atoms with E-state index in [1.54, 1.807) is 19.2 Å². The molecule has 4 rings (SSSR count). The van der Waals surface area contributed by atoms with E-state index < -0.39 is 0 Å². The standard InChI is InChI=1S/C26H21ClN2O3/c1-31-24-15-7-11-19(25(24)32-17-20-9-3-5-14-23(20)27)16-28-29-26(30)22-13-6-10-18-8-2-4-12-21(18)22/h2-16H,17H2,1H3,(H,29,30)/b28-16-. The zero-order valence-corrected chi connectivity index (χ0v) is 18.2. The summed E-state index contributed by atoms with van der Waals surface area (Å²) in [7, 11) is 1.57. The average molecular weight is 445 g/mol. The fourth-order valence-corrected chi connectivity index (χ4v) is 3.55. The highest BCUT2D eigenvalue weighted by Crippen LogP contribution is 2.31. The van der Waals surface area contributed by atoms with E-state index in [0.29, 0.717) is 27.6 Å². The Labute approximate surface area is 191 Å². The predicted molar refractivity (Wildman–Crippen MR) is 128 cm³/mol. The smallest absolute Gasteiger partial charge is 0.271 e. The molecule has 0 aliphatic rings. The fraction of sp³-hybridized carbons (Fsp3) is 0.0769. The van der Waals surface area contributed by atoms with Gasteiger partial charge in [0.25, 0.3) is 5.91 Å². The Morgan fingerprint density at radius 3 is 2.56 bits per heavy atom. The minimum atomic E-state index is -0.292. The lowest BCUT2D eigenvalue weighted by Gasteiger charge is -2.14. The summed E-state index contributed by atoms with van der Waals surface area (Å²) in [4.78, 5) is 12.7. The van der Waals surface area contributed by atoms with E-state index in [-0.39, 0.29) is 12.5 Å². The van der Waals surface area contributed by atoms with Crippen molar-refractivity contribution in [3.05, 3.63) is 107 Å². The molecule has 5 nitrogen and oxygen atoms in total. The number of para-hydroxylation sites is 1. The lowest BCUT2D eigenvalue weighted by molar-refractivity contribution is 0.0957. The van der Waals surface area contributed by atoms with E-state index in [4.69, 9.17) is 21.1 Å². The van der Waals surface area contributed by atoms with Crippen LogP contribution >= 0.6 is 11.6 Å². The summed E-state index contributed by atoms with van der Waals surface area (Å²) in [5, 5.41) is 6.63. The van der Waals surface area contributed by atoms with Crippen LogP contribution in [0.2, 0.25) is 5.02 Å². The number of ether oxygens (including phenoxy) is 2. The third kappa shape index (κ3) is 4.74. The van der Waals surface area contributed by atoms with Crippen LogP contribution in [0.5, 0.6) is 11.5 Å². The van der Waals surface area contributed by atoms with E-state index in [9.17, 15) is 4.79 Å². The molecular weight excluding hydrogens is 424 g/mol.